The number of hydrogen-bond acceptors (Lipinski definition) is 5. The molecule has 1 aliphatic rings. The highest BCUT2D eigenvalue weighted by molar-refractivity contribution is 14.0. The van der Waals surface area contributed by atoms with E-state index in [2.05, 4.69) is 35.9 Å². The van der Waals surface area contributed by atoms with Gasteiger partial charge in [0, 0.05) is 43.4 Å². The molecule has 1 unspecified atom stereocenters. The zero-order valence-corrected chi connectivity index (χ0v) is 18.1. The smallest absolute Gasteiger partial charge is 0.191 e. The first kappa shape index (κ1) is 20.2. The largest absolute Gasteiger partial charge is 0.353 e. The van der Waals surface area contributed by atoms with Crippen LogP contribution in [0, 0.1) is 6.92 Å². The van der Waals surface area contributed by atoms with Crippen LogP contribution in [0.15, 0.2) is 28.7 Å². The Hall–Kier alpha value is -1.13. The average molecular weight is 493 g/mol. The molecule has 0 aliphatic carbocycles. The summed E-state index contributed by atoms with van der Waals surface area (Å²) in [4.78, 5) is 15.3. The molecule has 2 aromatic rings. The topological polar surface area (TPSA) is 65.4 Å². The molecule has 1 saturated heterocycles. The molecule has 6 nitrogen and oxygen atoms in total. The molecule has 136 valence electrons. The van der Waals surface area contributed by atoms with Crippen molar-refractivity contribution >= 4 is 58.7 Å². The van der Waals surface area contributed by atoms with Crippen LogP contribution >= 0.6 is 46.9 Å². The van der Waals surface area contributed by atoms with Crippen LogP contribution in [0.4, 0.5) is 5.82 Å². The standard InChI is InChI=1S/C16H21ClN6S.HI/c1-11-10-24-14(21-11)8-20-16(18-2)22-12-5-7-23(9-12)15-13(17)4-3-6-19-15;/h3-4,6,10,12H,5,7-9H2,1-2H3,(H2,18,20,22);1H. The van der Waals surface area contributed by atoms with Crippen molar-refractivity contribution in [2.45, 2.75) is 25.9 Å². The second kappa shape index (κ2) is 9.54. The number of aliphatic imine (C=N–C) groups is 1. The highest BCUT2D eigenvalue weighted by Gasteiger charge is 2.25. The van der Waals surface area contributed by atoms with Gasteiger partial charge in [0.2, 0.25) is 0 Å². The highest BCUT2D eigenvalue weighted by Crippen LogP contribution is 2.25. The van der Waals surface area contributed by atoms with E-state index in [1.165, 1.54) is 0 Å². The van der Waals surface area contributed by atoms with E-state index in [1.54, 1.807) is 24.6 Å². The second-order valence-corrected chi connectivity index (χ2v) is 7.04. The molecule has 0 bridgehead atoms. The van der Waals surface area contributed by atoms with Gasteiger partial charge in [-0.15, -0.1) is 35.3 Å². The van der Waals surface area contributed by atoms with Gasteiger partial charge in [0.05, 0.1) is 11.6 Å². The normalized spacial score (nSPS) is 17.3. The second-order valence-electron chi connectivity index (χ2n) is 5.69. The fourth-order valence-corrected chi connectivity index (χ4v) is 3.66. The average Bonchev–Trinajstić information content (AvgIpc) is 3.21. The number of hydrogen-bond donors (Lipinski definition) is 2. The van der Waals surface area contributed by atoms with Crippen molar-refractivity contribution in [2.24, 2.45) is 4.99 Å². The van der Waals surface area contributed by atoms with E-state index in [-0.39, 0.29) is 24.0 Å². The van der Waals surface area contributed by atoms with Gasteiger partial charge in [-0.1, -0.05) is 11.6 Å². The maximum Gasteiger partial charge on any atom is 0.191 e. The van der Waals surface area contributed by atoms with Gasteiger partial charge in [0.25, 0.3) is 0 Å². The van der Waals surface area contributed by atoms with Crippen LogP contribution in [0.25, 0.3) is 0 Å². The molecule has 2 N–H and O–H groups in total. The van der Waals surface area contributed by atoms with Crippen LogP contribution < -0.4 is 15.5 Å². The predicted molar refractivity (Wildman–Crippen MR) is 115 cm³/mol. The summed E-state index contributed by atoms with van der Waals surface area (Å²) >= 11 is 7.89. The van der Waals surface area contributed by atoms with Crippen LogP contribution in [0.3, 0.4) is 0 Å². The first-order valence-corrected chi connectivity index (χ1v) is 9.15. The summed E-state index contributed by atoms with van der Waals surface area (Å²) in [5.41, 5.74) is 1.05. The van der Waals surface area contributed by atoms with Crippen LogP contribution in [0.1, 0.15) is 17.1 Å². The lowest BCUT2D eigenvalue weighted by Crippen LogP contribution is -2.44. The maximum absolute atomic E-state index is 6.24. The van der Waals surface area contributed by atoms with Gasteiger partial charge in [0.15, 0.2) is 5.96 Å². The molecule has 1 fully saturated rings. The van der Waals surface area contributed by atoms with E-state index in [9.17, 15) is 0 Å². The summed E-state index contributed by atoms with van der Waals surface area (Å²) in [6, 6.07) is 4.04. The van der Waals surface area contributed by atoms with Crippen LogP contribution in [0.5, 0.6) is 0 Å². The minimum atomic E-state index is 0. The third kappa shape index (κ3) is 5.42. The lowest BCUT2D eigenvalue weighted by molar-refractivity contribution is 0.648. The van der Waals surface area contributed by atoms with Gasteiger partial charge < -0.3 is 15.5 Å². The summed E-state index contributed by atoms with van der Waals surface area (Å²) < 4.78 is 0. The maximum atomic E-state index is 6.24. The third-order valence-electron chi connectivity index (χ3n) is 3.86. The number of nitrogens with zero attached hydrogens (tertiary/aromatic N) is 4. The molecule has 1 atom stereocenters. The van der Waals surface area contributed by atoms with Gasteiger partial charge in [0.1, 0.15) is 10.8 Å². The highest BCUT2D eigenvalue weighted by atomic mass is 127. The number of rotatable bonds is 4. The minimum absolute atomic E-state index is 0. The third-order valence-corrected chi connectivity index (χ3v) is 5.13. The number of thiazole rings is 1. The minimum Gasteiger partial charge on any atom is -0.353 e. The quantitative estimate of drug-likeness (QED) is 0.390. The Morgan fingerprint density at radius 3 is 3.04 bits per heavy atom. The zero-order valence-electron chi connectivity index (χ0n) is 14.2. The summed E-state index contributed by atoms with van der Waals surface area (Å²) in [5.74, 6) is 1.64. The summed E-state index contributed by atoms with van der Waals surface area (Å²) in [5, 5.41) is 10.6. The van der Waals surface area contributed by atoms with E-state index in [0.29, 0.717) is 17.6 Å². The number of nitrogens with one attached hydrogen (secondary N) is 2. The van der Waals surface area contributed by atoms with Crippen molar-refractivity contribution in [1.29, 1.82) is 0 Å². The van der Waals surface area contributed by atoms with Crippen LogP contribution in [-0.2, 0) is 6.54 Å². The number of aryl methyl sites for hydroxylation is 1. The Labute approximate surface area is 174 Å². The lowest BCUT2D eigenvalue weighted by Gasteiger charge is -2.20. The molecule has 2 aromatic heterocycles. The predicted octanol–water partition coefficient (Wildman–Crippen LogP) is 3.06. The molecule has 0 amide bonds. The fraction of sp³-hybridized carbons (Fsp3) is 0.438. The molecule has 0 saturated carbocycles. The Morgan fingerprint density at radius 2 is 2.36 bits per heavy atom. The molecule has 1 aliphatic heterocycles. The van der Waals surface area contributed by atoms with Crippen molar-refractivity contribution < 1.29 is 0 Å². The molecule has 3 rings (SSSR count). The van der Waals surface area contributed by atoms with E-state index in [4.69, 9.17) is 11.6 Å². The summed E-state index contributed by atoms with van der Waals surface area (Å²) in [6.07, 6.45) is 2.79. The van der Waals surface area contributed by atoms with Gasteiger partial charge in [-0.05, 0) is 25.5 Å². The van der Waals surface area contributed by atoms with Crippen LogP contribution in [-0.4, -0.2) is 42.1 Å². The number of guanidine groups is 1. The van der Waals surface area contributed by atoms with E-state index < -0.39 is 0 Å². The molecule has 9 heteroatoms. The molecule has 0 radical (unpaired) electrons. The SMILES string of the molecule is CN=C(NCc1nc(C)cs1)NC1CCN(c2ncccc2Cl)C1.I. The molecule has 0 spiro atoms. The van der Waals surface area contributed by atoms with E-state index >= 15 is 0 Å². The Bertz CT molecular complexity index is 722. The lowest BCUT2D eigenvalue weighted by atomic mass is 10.3. The summed E-state index contributed by atoms with van der Waals surface area (Å²) in [6.45, 7) is 4.47. The Balaban J connectivity index is 0.00000225. The molecular weight excluding hydrogens is 471 g/mol. The number of halogens is 2. The van der Waals surface area contributed by atoms with Crippen molar-refractivity contribution in [3.63, 3.8) is 0 Å². The Morgan fingerprint density at radius 1 is 1.52 bits per heavy atom. The molecule has 3 heterocycles. The number of pyridine rings is 1. The van der Waals surface area contributed by atoms with Gasteiger partial charge >= 0.3 is 0 Å². The number of anilines is 1. The van der Waals surface area contributed by atoms with E-state index in [1.807, 2.05) is 19.1 Å². The van der Waals surface area contributed by atoms with Crippen molar-refractivity contribution in [3.05, 3.63) is 39.4 Å². The number of aromatic nitrogens is 2. The van der Waals surface area contributed by atoms with E-state index in [0.717, 1.165) is 42.0 Å². The molecule has 0 aromatic carbocycles. The van der Waals surface area contributed by atoms with Gasteiger partial charge in [-0.3, -0.25) is 4.99 Å². The fourth-order valence-electron chi connectivity index (χ4n) is 2.71. The van der Waals surface area contributed by atoms with Crippen molar-refractivity contribution in [2.75, 3.05) is 25.0 Å². The molecular formula is C16H22ClIN6S. The van der Waals surface area contributed by atoms with Crippen LogP contribution in [0.2, 0.25) is 5.02 Å². The summed E-state index contributed by atoms with van der Waals surface area (Å²) in [7, 11) is 1.78. The Kier molecular flexibility index (Phi) is 7.70. The zero-order chi connectivity index (χ0) is 16.9. The first-order valence-electron chi connectivity index (χ1n) is 7.89. The van der Waals surface area contributed by atoms with Crippen molar-refractivity contribution in [3.8, 4) is 0 Å². The monoisotopic (exact) mass is 492 g/mol. The van der Waals surface area contributed by atoms with Gasteiger partial charge in [-0.25, -0.2) is 9.97 Å². The van der Waals surface area contributed by atoms with Gasteiger partial charge in [-0.2, -0.15) is 0 Å². The first-order chi connectivity index (χ1) is 11.7. The van der Waals surface area contributed by atoms with Crippen molar-refractivity contribution in [1.82, 2.24) is 20.6 Å². The molecule has 25 heavy (non-hydrogen) atoms.